The third kappa shape index (κ3) is 10.8. The number of rotatable bonds is 17. The molecule has 0 saturated heterocycles. The minimum atomic E-state index is -0.491. The maximum atomic E-state index is 12.9. The van der Waals surface area contributed by atoms with Crippen molar-refractivity contribution in [1.29, 1.82) is 0 Å². The third-order valence-corrected chi connectivity index (χ3v) is 6.11. The average molecular weight is 540 g/mol. The number of hydrogen-bond donors (Lipinski definition) is 1. The maximum Gasteiger partial charge on any atom is 0.270 e. The van der Waals surface area contributed by atoms with Crippen LogP contribution in [0.5, 0.6) is 0 Å². The van der Waals surface area contributed by atoms with Crippen LogP contribution in [-0.4, -0.2) is 65.7 Å². The number of pyridine rings is 2. The van der Waals surface area contributed by atoms with Crippen molar-refractivity contribution in [3.05, 3.63) is 47.9 Å². The Labute approximate surface area is 231 Å². The fraction of sp³-hybridized carbons (Fsp3) is 0.533. The van der Waals surface area contributed by atoms with E-state index in [-0.39, 0.29) is 67.2 Å². The van der Waals surface area contributed by atoms with Gasteiger partial charge >= 0.3 is 0 Å². The van der Waals surface area contributed by atoms with E-state index in [4.69, 9.17) is 9.47 Å². The SMILES string of the molecule is CC(C)C(=O)CCOCC(COCCC(=O)C(C)C)NC(=O)c1ccc(-c2ccc(C(=O)C(C)C)cn2)cn1. The van der Waals surface area contributed by atoms with Crippen LogP contribution in [0.15, 0.2) is 36.7 Å². The highest BCUT2D eigenvalue weighted by atomic mass is 16.5. The van der Waals surface area contributed by atoms with Gasteiger partial charge in [-0.15, -0.1) is 0 Å². The predicted molar refractivity (Wildman–Crippen MR) is 148 cm³/mol. The Balaban J connectivity index is 1.99. The van der Waals surface area contributed by atoms with Crippen LogP contribution in [0.3, 0.4) is 0 Å². The van der Waals surface area contributed by atoms with E-state index in [1.165, 1.54) is 0 Å². The fourth-order valence-electron chi connectivity index (χ4n) is 3.49. The molecule has 2 rings (SSSR count). The Morgan fingerprint density at radius 2 is 1.33 bits per heavy atom. The summed E-state index contributed by atoms with van der Waals surface area (Å²) < 4.78 is 11.3. The Morgan fingerprint density at radius 1 is 0.744 bits per heavy atom. The van der Waals surface area contributed by atoms with Crippen LogP contribution in [0, 0.1) is 17.8 Å². The van der Waals surface area contributed by atoms with Gasteiger partial charge in [0.2, 0.25) is 0 Å². The number of aromatic nitrogens is 2. The van der Waals surface area contributed by atoms with Gasteiger partial charge in [-0.2, -0.15) is 0 Å². The lowest BCUT2D eigenvalue weighted by molar-refractivity contribution is -0.123. The van der Waals surface area contributed by atoms with E-state index in [2.05, 4.69) is 15.3 Å². The number of carbonyl (C=O) groups excluding carboxylic acids is 4. The van der Waals surface area contributed by atoms with Gasteiger partial charge in [0.25, 0.3) is 5.91 Å². The molecule has 2 aromatic heterocycles. The molecule has 0 fully saturated rings. The van der Waals surface area contributed by atoms with E-state index in [1.807, 2.05) is 41.5 Å². The van der Waals surface area contributed by atoms with Gasteiger partial charge in [-0.05, 0) is 24.3 Å². The lowest BCUT2D eigenvalue weighted by Crippen LogP contribution is -2.42. The summed E-state index contributed by atoms with van der Waals surface area (Å²) in [5.74, 6) is -0.383. The van der Waals surface area contributed by atoms with Gasteiger partial charge in [-0.3, -0.25) is 29.1 Å². The zero-order chi connectivity index (χ0) is 28.9. The van der Waals surface area contributed by atoms with E-state index >= 15 is 0 Å². The first-order valence-corrected chi connectivity index (χ1v) is 13.5. The lowest BCUT2D eigenvalue weighted by atomic mass is 10.0. The van der Waals surface area contributed by atoms with Crippen LogP contribution in [0.2, 0.25) is 0 Å². The van der Waals surface area contributed by atoms with Crippen LogP contribution in [-0.2, 0) is 19.1 Å². The quantitative estimate of drug-likeness (QED) is 0.232. The molecular formula is C30H41N3O6. The van der Waals surface area contributed by atoms with Gasteiger partial charge in [0.15, 0.2) is 5.78 Å². The molecule has 9 heteroatoms. The van der Waals surface area contributed by atoms with Crippen molar-refractivity contribution in [2.24, 2.45) is 17.8 Å². The molecule has 212 valence electrons. The molecule has 0 unspecified atom stereocenters. The van der Waals surface area contributed by atoms with Gasteiger partial charge < -0.3 is 14.8 Å². The molecule has 9 nitrogen and oxygen atoms in total. The standard InChI is InChI=1S/C30H41N3O6/c1-19(2)27(34)11-13-38-17-24(18-39-14-12-28(35)20(3)4)33-30(37)26-10-7-22(15-32-26)25-9-8-23(16-31-25)29(36)21(5)6/h7-10,15-16,19-21,24H,11-14,17-18H2,1-6H3,(H,33,37). The molecule has 0 aliphatic heterocycles. The second-order valence-electron chi connectivity index (χ2n) is 10.4. The molecule has 39 heavy (non-hydrogen) atoms. The van der Waals surface area contributed by atoms with Crippen molar-refractivity contribution in [3.63, 3.8) is 0 Å². The second-order valence-corrected chi connectivity index (χ2v) is 10.4. The second kappa shape index (κ2) is 16.0. The number of ketones is 3. The fourth-order valence-corrected chi connectivity index (χ4v) is 3.49. The molecule has 0 bridgehead atoms. The summed E-state index contributed by atoms with van der Waals surface area (Å²) in [5, 5.41) is 2.87. The molecule has 0 atom stereocenters. The molecule has 0 aliphatic rings. The number of amides is 1. The number of carbonyl (C=O) groups is 4. The zero-order valence-electron chi connectivity index (χ0n) is 23.9. The summed E-state index contributed by atoms with van der Waals surface area (Å²) in [6.45, 7) is 11.8. The molecule has 2 aromatic rings. The molecule has 2 heterocycles. The normalized spacial score (nSPS) is 11.4. The third-order valence-electron chi connectivity index (χ3n) is 6.11. The first-order valence-electron chi connectivity index (χ1n) is 13.5. The molecular weight excluding hydrogens is 498 g/mol. The number of nitrogens with zero attached hydrogens (tertiary/aromatic N) is 2. The summed E-state index contributed by atoms with van der Waals surface area (Å²) in [6.07, 6.45) is 3.70. The van der Waals surface area contributed by atoms with E-state index in [9.17, 15) is 19.2 Å². The summed E-state index contributed by atoms with van der Waals surface area (Å²) >= 11 is 0. The summed E-state index contributed by atoms with van der Waals surface area (Å²) in [7, 11) is 0. The highest BCUT2D eigenvalue weighted by Crippen LogP contribution is 2.18. The van der Waals surface area contributed by atoms with E-state index in [0.29, 0.717) is 29.7 Å². The Bertz CT molecular complexity index is 1070. The van der Waals surface area contributed by atoms with Crippen LogP contribution in [0.1, 0.15) is 75.2 Å². The summed E-state index contributed by atoms with van der Waals surface area (Å²) in [6, 6.07) is 6.34. The van der Waals surface area contributed by atoms with Crippen molar-refractivity contribution in [1.82, 2.24) is 15.3 Å². The van der Waals surface area contributed by atoms with Crippen molar-refractivity contribution >= 4 is 23.3 Å². The largest absolute Gasteiger partial charge is 0.379 e. The number of ether oxygens (including phenoxy) is 2. The van der Waals surface area contributed by atoms with Gasteiger partial charge in [-0.25, -0.2) is 0 Å². The van der Waals surface area contributed by atoms with Gasteiger partial charge in [-0.1, -0.05) is 41.5 Å². The first kappa shape index (κ1) is 31.9. The van der Waals surface area contributed by atoms with E-state index in [0.717, 1.165) is 0 Å². The molecule has 0 spiro atoms. The minimum Gasteiger partial charge on any atom is -0.379 e. The maximum absolute atomic E-state index is 12.9. The van der Waals surface area contributed by atoms with E-state index < -0.39 is 11.9 Å². The number of hydrogen-bond acceptors (Lipinski definition) is 8. The molecule has 0 radical (unpaired) electrons. The monoisotopic (exact) mass is 539 g/mol. The van der Waals surface area contributed by atoms with Gasteiger partial charge in [0, 0.05) is 54.1 Å². The molecule has 0 saturated carbocycles. The highest BCUT2D eigenvalue weighted by molar-refractivity contribution is 5.97. The summed E-state index contributed by atoms with van der Waals surface area (Å²) in [4.78, 5) is 57.4. The Morgan fingerprint density at radius 3 is 1.77 bits per heavy atom. The molecule has 1 amide bonds. The summed E-state index contributed by atoms with van der Waals surface area (Å²) in [5.41, 5.74) is 2.11. The van der Waals surface area contributed by atoms with Crippen molar-refractivity contribution in [2.45, 2.75) is 60.4 Å². The smallest absolute Gasteiger partial charge is 0.270 e. The van der Waals surface area contributed by atoms with Crippen molar-refractivity contribution in [2.75, 3.05) is 26.4 Å². The van der Waals surface area contributed by atoms with Gasteiger partial charge in [0.1, 0.15) is 17.3 Å². The zero-order valence-corrected chi connectivity index (χ0v) is 23.9. The highest BCUT2D eigenvalue weighted by Gasteiger charge is 2.18. The number of nitrogens with one attached hydrogen (secondary N) is 1. The van der Waals surface area contributed by atoms with Gasteiger partial charge in [0.05, 0.1) is 38.2 Å². The van der Waals surface area contributed by atoms with Crippen LogP contribution < -0.4 is 5.32 Å². The number of Topliss-reactive ketones (excluding diaryl/α,β-unsaturated/α-hetero) is 3. The van der Waals surface area contributed by atoms with Crippen molar-refractivity contribution < 1.29 is 28.7 Å². The Hall–Kier alpha value is -3.30. The topological polar surface area (TPSA) is 125 Å². The molecule has 1 N–H and O–H groups in total. The predicted octanol–water partition coefficient (Wildman–Crippen LogP) is 4.34. The first-order chi connectivity index (χ1) is 18.5. The van der Waals surface area contributed by atoms with E-state index in [1.54, 1.807) is 36.7 Å². The average Bonchev–Trinajstić information content (AvgIpc) is 2.92. The Kier molecular flexibility index (Phi) is 13.1. The van der Waals surface area contributed by atoms with Crippen LogP contribution >= 0.6 is 0 Å². The molecule has 0 aromatic carbocycles. The molecule has 0 aliphatic carbocycles. The minimum absolute atomic E-state index is 0.0275. The van der Waals surface area contributed by atoms with Crippen LogP contribution in [0.25, 0.3) is 11.3 Å². The van der Waals surface area contributed by atoms with Crippen LogP contribution in [0.4, 0.5) is 0 Å². The van der Waals surface area contributed by atoms with Crippen molar-refractivity contribution in [3.8, 4) is 11.3 Å². The lowest BCUT2D eigenvalue weighted by Gasteiger charge is -2.19.